The second-order valence-electron chi connectivity index (χ2n) is 8.51. The summed E-state index contributed by atoms with van der Waals surface area (Å²) in [5.41, 5.74) is 1.41. The highest BCUT2D eigenvalue weighted by Crippen LogP contribution is 2.20. The van der Waals surface area contributed by atoms with Crippen molar-refractivity contribution in [3.05, 3.63) is 65.2 Å². The first-order chi connectivity index (χ1) is 16.0. The monoisotopic (exact) mass is 507 g/mol. The minimum Gasteiger partial charge on any atom is -0.352 e. The maximum absolute atomic E-state index is 13.3. The van der Waals surface area contributed by atoms with Gasteiger partial charge in [0.15, 0.2) is 0 Å². The molecule has 2 aromatic rings. The Labute approximate surface area is 208 Å². The Balaban J connectivity index is 2.19. The van der Waals surface area contributed by atoms with E-state index in [1.807, 2.05) is 39.0 Å². The third-order valence-corrected chi connectivity index (χ3v) is 6.73. The molecule has 2 amide bonds. The van der Waals surface area contributed by atoms with Crippen LogP contribution >= 0.6 is 11.6 Å². The Morgan fingerprint density at radius 3 is 2.18 bits per heavy atom. The van der Waals surface area contributed by atoms with E-state index >= 15 is 0 Å². The highest BCUT2D eigenvalue weighted by Gasteiger charge is 2.29. The second kappa shape index (κ2) is 12.8. The zero-order valence-corrected chi connectivity index (χ0v) is 21.8. The smallest absolute Gasteiger partial charge is 0.243 e. The van der Waals surface area contributed by atoms with Crippen LogP contribution in [0, 0.1) is 0 Å². The van der Waals surface area contributed by atoms with Crippen LogP contribution in [0.25, 0.3) is 0 Å². The van der Waals surface area contributed by atoms with Crippen molar-refractivity contribution in [3.8, 4) is 0 Å². The fraction of sp³-hybridized carbons (Fsp3) is 0.440. The largest absolute Gasteiger partial charge is 0.352 e. The molecule has 0 aromatic heterocycles. The molecular weight excluding hydrogens is 474 g/mol. The van der Waals surface area contributed by atoms with E-state index in [0.717, 1.165) is 11.8 Å². The van der Waals surface area contributed by atoms with E-state index < -0.39 is 16.1 Å². The summed E-state index contributed by atoms with van der Waals surface area (Å²) in [5, 5.41) is 3.49. The minimum atomic E-state index is -3.50. The summed E-state index contributed by atoms with van der Waals surface area (Å²) < 4.78 is 25.9. The first-order valence-corrected chi connectivity index (χ1v) is 13.6. The summed E-state index contributed by atoms with van der Waals surface area (Å²) in [6.45, 7) is 6.04. The molecule has 186 valence electrons. The number of amides is 2. The molecule has 0 saturated carbocycles. The summed E-state index contributed by atoms with van der Waals surface area (Å²) in [6, 6.07) is 15.3. The molecule has 0 radical (unpaired) electrons. The average molecular weight is 508 g/mol. The number of hydrogen-bond acceptors (Lipinski definition) is 4. The van der Waals surface area contributed by atoms with Crippen molar-refractivity contribution in [1.29, 1.82) is 0 Å². The number of halogens is 1. The third kappa shape index (κ3) is 8.33. The van der Waals surface area contributed by atoms with Crippen LogP contribution in [0.1, 0.15) is 45.6 Å². The molecule has 0 fully saturated rings. The first-order valence-electron chi connectivity index (χ1n) is 11.4. The van der Waals surface area contributed by atoms with Crippen molar-refractivity contribution in [2.24, 2.45) is 0 Å². The lowest BCUT2D eigenvalue weighted by Crippen LogP contribution is -2.50. The van der Waals surface area contributed by atoms with E-state index in [2.05, 4.69) is 5.32 Å². The summed E-state index contributed by atoms with van der Waals surface area (Å²) in [7, 11) is -3.50. The number of carbonyl (C=O) groups excluding carboxylic acids is 2. The number of sulfonamides is 1. The quantitative estimate of drug-likeness (QED) is 0.466. The van der Waals surface area contributed by atoms with Crippen molar-refractivity contribution in [2.75, 3.05) is 17.1 Å². The number of anilines is 1. The van der Waals surface area contributed by atoms with Crippen molar-refractivity contribution in [1.82, 2.24) is 10.2 Å². The van der Waals surface area contributed by atoms with Crippen LogP contribution in [0.4, 0.5) is 5.69 Å². The maximum atomic E-state index is 13.3. The number of nitrogens with one attached hydrogen (secondary N) is 1. The molecule has 0 aliphatic rings. The number of carbonyl (C=O) groups is 2. The molecule has 2 rings (SSSR count). The van der Waals surface area contributed by atoms with Gasteiger partial charge >= 0.3 is 0 Å². The van der Waals surface area contributed by atoms with Crippen LogP contribution in [0.15, 0.2) is 54.6 Å². The lowest BCUT2D eigenvalue weighted by Gasteiger charge is -2.31. The van der Waals surface area contributed by atoms with Gasteiger partial charge in [-0.15, -0.1) is 0 Å². The predicted molar refractivity (Wildman–Crippen MR) is 137 cm³/mol. The number of nitrogens with zero attached hydrogens (tertiary/aromatic N) is 2. The zero-order valence-electron chi connectivity index (χ0n) is 20.2. The van der Waals surface area contributed by atoms with Gasteiger partial charge in [0.25, 0.3) is 0 Å². The number of para-hydroxylation sites is 1. The average Bonchev–Trinajstić information content (AvgIpc) is 2.77. The lowest BCUT2D eigenvalue weighted by molar-refractivity contribution is -0.141. The van der Waals surface area contributed by atoms with Crippen LogP contribution in [0.3, 0.4) is 0 Å². The standard InChI is InChI=1S/C25H34ClN3O4S/c1-5-23(25(31)27-19(2)3)28(18-20-13-15-21(26)16-14-20)24(30)12-9-17-29(34(4,32)33)22-10-7-6-8-11-22/h6-8,10-11,13-16,19,23H,5,9,12,17-18H2,1-4H3,(H,27,31)/t23-/m1/s1. The summed E-state index contributed by atoms with van der Waals surface area (Å²) in [6.07, 6.45) is 2.04. The van der Waals surface area contributed by atoms with Gasteiger partial charge in [0.1, 0.15) is 6.04 Å². The van der Waals surface area contributed by atoms with Crippen LogP contribution in [-0.4, -0.2) is 50.0 Å². The van der Waals surface area contributed by atoms with Crippen LogP contribution in [0.2, 0.25) is 5.02 Å². The van der Waals surface area contributed by atoms with E-state index in [1.54, 1.807) is 41.3 Å². The molecule has 0 unspecified atom stereocenters. The van der Waals surface area contributed by atoms with Crippen molar-refractivity contribution in [2.45, 2.75) is 58.7 Å². The fourth-order valence-electron chi connectivity index (χ4n) is 3.68. The molecule has 0 saturated heterocycles. The summed E-state index contributed by atoms with van der Waals surface area (Å²) >= 11 is 6.00. The Bertz CT molecular complexity index is 1040. The Hall–Kier alpha value is -2.58. The molecule has 0 heterocycles. The normalized spacial score (nSPS) is 12.3. The topological polar surface area (TPSA) is 86.8 Å². The van der Waals surface area contributed by atoms with Crippen LogP contribution < -0.4 is 9.62 Å². The van der Waals surface area contributed by atoms with Gasteiger partial charge in [-0.2, -0.15) is 0 Å². The minimum absolute atomic E-state index is 0.0526. The van der Waals surface area contributed by atoms with Gasteiger partial charge in [0.2, 0.25) is 21.8 Å². The second-order valence-corrected chi connectivity index (χ2v) is 10.9. The number of hydrogen-bond donors (Lipinski definition) is 1. The SMILES string of the molecule is CC[C@H](C(=O)NC(C)C)N(Cc1ccc(Cl)cc1)C(=O)CCCN(c1ccccc1)S(C)(=O)=O. The lowest BCUT2D eigenvalue weighted by atomic mass is 10.1. The molecule has 0 aliphatic heterocycles. The fourth-order valence-corrected chi connectivity index (χ4v) is 4.78. The van der Waals surface area contributed by atoms with E-state index in [4.69, 9.17) is 11.6 Å². The molecule has 0 spiro atoms. The molecule has 7 nitrogen and oxygen atoms in total. The number of benzene rings is 2. The van der Waals surface area contributed by atoms with Gasteiger partial charge in [-0.1, -0.05) is 48.9 Å². The van der Waals surface area contributed by atoms with Crippen molar-refractivity contribution >= 4 is 39.1 Å². The first kappa shape index (κ1) is 27.7. The third-order valence-electron chi connectivity index (χ3n) is 5.28. The summed E-state index contributed by atoms with van der Waals surface area (Å²) in [4.78, 5) is 27.8. The molecule has 1 N–H and O–H groups in total. The summed E-state index contributed by atoms with van der Waals surface area (Å²) in [5.74, 6) is -0.413. The van der Waals surface area contributed by atoms with Crippen LogP contribution in [0.5, 0.6) is 0 Å². The maximum Gasteiger partial charge on any atom is 0.243 e. The van der Waals surface area contributed by atoms with E-state index in [9.17, 15) is 18.0 Å². The molecule has 9 heteroatoms. The van der Waals surface area contributed by atoms with Gasteiger partial charge in [-0.05, 0) is 56.5 Å². The van der Waals surface area contributed by atoms with Gasteiger partial charge in [-0.3, -0.25) is 13.9 Å². The molecule has 0 bridgehead atoms. The van der Waals surface area contributed by atoms with E-state index in [0.29, 0.717) is 23.6 Å². The van der Waals surface area contributed by atoms with E-state index in [-0.39, 0.29) is 37.4 Å². The highest BCUT2D eigenvalue weighted by molar-refractivity contribution is 7.92. The van der Waals surface area contributed by atoms with Crippen LogP contribution in [-0.2, 0) is 26.2 Å². The van der Waals surface area contributed by atoms with Crippen molar-refractivity contribution in [3.63, 3.8) is 0 Å². The Morgan fingerprint density at radius 1 is 1.03 bits per heavy atom. The molecule has 0 aliphatic carbocycles. The molecule has 1 atom stereocenters. The predicted octanol–water partition coefficient (Wildman–Crippen LogP) is 4.22. The highest BCUT2D eigenvalue weighted by atomic mass is 35.5. The van der Waals surface area contributed by atoms with E-state index in [1.165, 1.54) is 4.31 Å². The van der Waals surface area contributed by atoms with Gasteiger partial charge in [0.05, 0.1) is 11.9 Å². The van der Waals surface area contributed by atoms with Gasteiger partial charge in [0, 0.05) is 30.6 Å². The Kier molecular flexibility index (Phi) is 10.4. The van der Waals surface area contributed by atoms with Gasteiger partial charge < -0.3 is 10.2 Å². The zero-order chi connectivity index (χ0) is 25.3. The van der Waals surface area contributed by atoms with Crippen molar-refractivity contribution < 1.29 is 18.0 Å². The number of rotatable bonds is 12. The molecule has 2 aromatic carbocycles. The molecule has 34 heavy (non-hydrogen) atoms. The Morgan fingerprint density at radius 2 is 1.65 bits per heavy atom. The molecular formula is C25H34ClN3O4S. The van der Waals surface area contributed by atoms with Gasteiger partial charge in [-0.25, -0.2) is 8.42 Å².